The van der Waals surface area contributed by atoms with Gasteiger partial charge in [-0.1, -0.05) is 123 Å². The van der Waals surface area contributed by atoms with E-state index in [9.17, 15) is 16.8 Å². The lowest BCUT2D eigenvalue weighted by Gasteiger charge is -2.40. The fourth-order valence-electron chi connectivity index (χ4n) is 4.69. The predicted molar refractivity (Wildman–Crippen MR) is 201 cm³/mol. The highest BCUT2D eigenvalue weighted by Crippen LogP contribution is 2.40. The number of hydroxylamine groups is 1. The number of nitrogens with one attached hydrogen (secondary N) is 1. The molecule has 1 N–H and O–H groups in total. The molecule has 0 atom stereocenters. The highest BCUT2D eigenvalue weighted by molar-refractivity contribution is 7.89. The summed E-state index contributed by atoms with van der Waals surface area (Å²) in [6, 6.07) is 33.0. The smallest absolute Gasteiger partial charge is 0.286 e. The highest BCUT2D eigenvalue weighted by Gasteiger charge is 2.43. The van der Waals surface area contributed by atoms with Crippen LogP contribution in [0.15, 0.2) is 130 Å². The Morgan fingerprint density at radius 2 is 1.18 bits per heavy atom. The molecule has 260 valence electrons. The zero-order valence-corrected chi connectivity index (χ0v) is 32.2. The van der Waals surface area contributed by atoms with Crippen molar-refractivity contribution in [2.45, 2.75) is 81.8 Å². The molecule has 0 saturated heterocycles. The van der Waals surface area contributed by atoms with E-state index in [1.165, 1.54) is 0 Å². The molecule has 4 aromatic rings. The van der Waals surface area contributed by atoms with E-state index in [0.29, 0.717) is 18.5 Å². The molecule has 0 fully saturated rings. The van der Waals surface area contributed by atoms with Gasteiger partial charge in [0.05, 0.1) is 9.79 Å². The molecule has 0 unspecified atom stereocenters. The molecule has 0 amide bonds. The number of hydrogen-bond donors (Lipinski definition) is 1. The summed E-state index contributed by atoms with van der Waals surface area (Å²) in [5.74, 6) is 0. The van der Waals surface area contributed by atoms with Gasteiger partial charge in [-0.25, -0.2) is 13.1 Å². The summed E-state index contributed by atoms with van der Waals surface area (Å²) in [7, 11) is -10.6. The van der Waals surface area contributed by atoms with Gasteiger partial charge in [-0.2, -0.15) is 8.42 Å². The van der Waals surface area contributed by atoms with Crippen molar-refractivity contribution in [2.24, 2.45) is 0 Å². The molecule has 0 saturated carbocycles. The zero-order valence-electron chi connectivity index (χ0n) is 29.5. The normalized spacial score (nSPS) is 12.3. The van der Waals surface area contributed by atoms with Crippen molar-refractivity contribution >= 4 is 33.9 Å². The first kappa shape index (κ1) is 38.0. The average Bonchev–Trinajstić information content (AvgIpc) is 3.05. The molecule has 0 aromatic heterocycles. The van der Waals surface area contributed by atoms with Gasteiger partial charge in [0.2, 0.25) is 18.3 Å². The van der Waals surface area contributed by atoms with Crippen LogP contribution in [0.1, 0.15) is 62.3 Å². The second-order valence-electron chi connectivity index (χ2n) is 13.7. The van der Waals surface area contributed by atoms with Crippen molar-refractivity contribution in [1.82, 2.24) is 9.19 Å². The number of nitrogens with zero attached hydrogens (tertiary/aromatic N) is 1. The molecule has 0 aliphatic heterocycles. The molecule has 0 heterocycles. The molecule has 4 aromatic carbocycles. The summed E-state index contributed by atoms with van der Waals surface area (Å²) in [6.07, 6.45) is 1.19. The molecule has 0 aliphatic carbocycles. The number of unbranched alkanes of at least 4 members (excludes halogenated alkanes) is 1. The summed E-state index contributed by atoms with van der Waals surface area (Å²) in [6.45, 7) is 14.2. The van der Waals surface area contributed by atoms with Crippen molar-refractivity contribution < 1.29 is 21.4 Å². The molecule has 0 bridgehead atoms. The number of benzene rings is 4. The van der Waals surface area contributed by atoms with Crippen LogP contribution in [0.3, 0.4) is 0 Å². The lowest BCUT2D eigenvalue weighted by Crippen LogP contribution is -2.48. The van der Waals surface area contributed by atoms with Crippen molar-refractivity contribution in [2.75, 3.05) is 6.54 Å². The number of aryl methyl sites for hydroxylation is 2. The molecule has 49 heavy (non-hydrogen) atoms. The average molecular weight is 717 g/mol. The van der Waals surface area contributed by atoms with Gasteiger partial charge in [-0.3, -0.25) is 0 Å². The van der Waals surface area contributed by atoms with Crippen molar-refractivity contribution in [3.8, 4) is 0 Å². The quantitative estimate of drug-likeness (QED) is 0.0609. The second-order valence-corrected chi connectivity index (χ2v) is 22.0. The van der Waals surface area contributed by atoms with Gasteiger partial charge in [0.15, 0.2) is 0 Å². The minimum atomic E-state index is -4.20. The lowest BCUT2D eigenvalue weighted by atomic mass is 9.98. The van der Waals surface area contributed by atoms with Crippen LogP contribution in [0.2, 0.25) is 18.1 Å². The predicted octanol–water partition coefficient (Wildman–Crippen LogP) is 8.99. The maximum atomic E-state index is 14.6. The number of rotatable bonds is 14. The molecule has 4 rings (SSSR count). The molecular formula is C39H48N2O5S2Si. The third kappa shape index (κ3) is 9.91. The van der Waals surface area contributed by atoms with Crippen LogP contribution in [0.5, 0.6) is 0 Å². The van der Waals surface area contributed by atoms with Gasteiger partial charge in [0.1, 0.15) is 5.70 Å². The topological polar surface area (TPSA) is 92.8 Å². The van der Waals surface area contributed by atoms with Gasteiger partial charge in [-0.15, -0.1) is 4.47 Å². The largest absolute Gasteiger partial charge is 0.306 e. The Kier molecular flexibility index (Phi) is 12.3. The minimum Gasteiger partial charge on any atom is -0.306 e. The van der Waals surface area contributed by atoms with Gasteiger partial charge in [-0.05, 0) is 86.6 Å². The van der Waals surface area contributed by atoms with Crippen LogP contribution < -0.4 is 4.72 Å². The van der Waals surface area contributed by atoms with E-state index in [1.54, 1.807) is 48.5 Å². The van der Waals surface area contributed by atoms with Crippen LogP contribution in [-0.4, -0.2) is 36.2 Å². The standard InChI is InChI=1S/C39H48N2O5S2Si/c1-31-21-25-36(26-22-31)47(42,43)40-29-15-14-20-35(30-38(33-16-10-8-11-17-33)34-18-12-9-13-19-34)41(46-49(6,7)39(3,4)5)48(44,45)37-27-23-32(2)24-28-37/h8-13,16-19,21-28,40H,14-15,20,29H2,1-7H3. The minimum absolute atomic E-state index is 0.114. The second kappa shape index (κ2) is 15.8. The summed E-state index contributed by atoms with van der Waals surface area (Å²) in [4.78, 5) is 0.318. The van der Waals surface area contributed by atoms with Crippen LogP contribution >= 0.6 is 0 Å². The summed E-state index contributed by atoms with van der Waals surface area (Å²) in [5, 5.41) is -0.307. The maximum absolute atomic E-state index is 14.6. The van der Waals surface area contributed by atoms with Crippen LogP contribution in [-0.2, 0) is 24.6 Å². The summed E-state index contributed by atoms with van der Waals surface area (Å²) in [5.41, 5.74) is 8.25. The number of allylic oxidation sites excluding steroid dienone is 1. The summed E-state index contributed by atoms with van der Waals surface area (Å²) >= 11 is 0. The first-order valence-corrected chi connectivity index (χ1v) is 22.3. The van der Waals surface area contributed by atoms with Gasteiger partial charge in [0, 0.05) is 12.1 Å². The van der Waals surface area contributed by atoms with E-state index in [2.05, 4.69) is 31.2 Å². The zero-order chi connectivity index (χ0) is 35.9. The number of hydrogen-bond acceptors (Lipinski definition) is 5. The van der Waals surface area contributed by atoms with Crippen molar-refractivity contribution in [3.63, 3.8) is 0 Å². The fraction of sp³-hybridized carbons (Fsp3) is 0.308. The Hall–Kier alpha value is -3.76. The molecule has 10 heteroatoms. The Morgan fingerprint density at radius 3 is 1.65 bits per heavy atom. The van der Waals surface area contributed by atoms with E-state index >= 15 is 0 Å². The van der Waals surface area contributed by atoms with E-state index < -0.39 is 28.4 Å². The van der Waals surface area contributed by atoms with Gasteiger partial charge < -0.3 is 4.53 Å². The first-order valence-electron chi connectivity index (χ1n) is 16.5. The Morgan fingerprint density at radius 1 is 0.714 bits per heavy atom. The third-order valence-electron chi connectivity index (χ3n) is 8.73. The summed E-state index contributed by atoms with van der Waals surface area (Å²) < 4.78 is 65.6. The number of sulfonamides is 2. The van der Waals surface area contributed by atoms with Crippen molar-refractivity contribution in [3.05, 3.63) is 143 Å². The van der Waals surface area contributed by atoms with Crippen LogP contribution in [0.4, 0.5) is 0 Å². The lowest BCUT2D eigenvalue weighted by molar-refractivity contribution is 0.0500. The van der Waals surface area contributed by atoms with Gasteiger partial charge in [0.25, 0.3) is 10.0 Å². The molecule has 7 nitrogen and oxygen atoms in total. The molecule has 0 radical (unpaired) electrons. The maximum Gasteiger partial charge on any atom is 0.286 e. The fourth-order valence-corrected chi connectivity index (χ4v) is 8.61. The van der Waals surface area contributed by atoms with Crippen LogP contribution in [0, 0.1) is 13.8 Å². The molecule has 0 spiro atoms. The SMILES string of the molecule is Cc1ccc(S(=O)(=O)NCCCCC(=C=C(c2ccccc2)c2ccccc2)N(O[Si](C)(C)C(C)(C)C)S(=O)(=O)c2ccc(C)cc2)cc1. The monoisotopic (exact) mass is 716 g/mol. The molecule has 0 aliphatic rings. The van der Waals surface area contributed by atoms with E-state index in [1.807, 2.05) is 87.6 Å². The third-order valence-corrected chi connectivity index (χ3v) is 16.2. The Balaban J connectivity index is 1.83. The van der Waals surface area contributed by atoms with Crippen molar-refractivity contribution in [1.29, 1.82) is 0 Å². The van der Waals surface area contributed by atoms with Gasteiger partial charge >= 0.3 is 0 Å². The highest BCUT2D eigenvalue weighted by atomic mass is 32.2. The van der Waals surface area contributed by atoms with E-state index in [-0.39, 0.29) is 27.8 Å². The Labute approximate surface area is 294 Å². The van der Waals surface area contributed by atoms with E-state index in [4.69, 9.17) is 4.53 Å². The first-order chi connectivity index (χ1) is 23.0. The Bertz CT molecular complexity index is 1940. The molecular weight excluding hydrogens is 669 g/mol. The van der Waals surface area contributed by atoms with Crippen LogP contribution in [0.25, 0.3) is 5.57 Å². The van der Waals surface area contributed by atoms with E-state index in [0.717, 1.165) is 32.3 Å².